The molecule has 0 aromatic heterocycles. The van der Waals surface area contributed by atoms with Gasteiger partial charge in [0.15, 0.2) is 11.5 Å². The molecule has 1 heterocycles. The molecule has 114 valence electrons. The first-order valence-corrected chi connectivity index (χ1v) is 6.63. The topological polar surface area (TPSA) is 69.2 Å². The molecule has 0 spiro atoms. The number of nitrogens with zero attached hydrogens (tertiary/aromatic N) is 2. The van der Waals surface area contributed by atoms with Gasteiger partial charge in [-0.05, 0) is 25.1 Å². The highest BCUT2D eigenvalue weighted by Gasteiger charge is 2.19. The Morgan fingerprint density at radius 3 is 2.71 bits per heavy atom. The van der Waals surface area contributed by atoms with E-state index < -0.39 is 6.61 Å². The summed E-state index contributed by atoms with van der Waals surface area (Å²) in [5.41, 5.74) is 7.18. The minimum atomic E-state index is -2.90. The number of benzene rings is 1. The molecule has 7 heteroatoms. The van der Waals surface area contributed by atoms with Crippen molar-refractivity contribution in [2.45, 2.75) is 26.9 Å². The summed E-state index contributed by atoms with van der Waals surface area (Å²) in [6.45, 7) is 1.17. The van der Waals surface area contributed by atoms with E-state index >= 15 is 0 Å². The summed E-state index contributed by atoms with van der Waals surface area (Å²) in [6.07, 6.45) is 0.635. The van der Waals surface area contributed by atoms with E-state index in [4.69, 9.17) is 10.5 Å². The average molecular weight is 297 g/mol. The molecule has 1 atom stereocenters. The van der Waals surface area contributed by atoms with Crippen LogP contribution in [0.1, 0.15) is 25.8 Å². The lowest BCUT2D eigenvalue weighted by molar-refractivity contribution is -0.0514. The Morgan fingerprint density at radius 1 is 1.33 bits per heavy atom. The van der Waals surface area contributed by atoms with E-state index in [2.05, 4.69) is 14.9 Å². The fourth-order valence-corrected chi connectivity index (χ4v) is 1.98. The smallest absolute Gasteiger partial charge is 0.387 e. The summed E-state index contributed by atoms with van der Waals surface area (Å²) in [5.74, 6) is 0.836. The van der Waals surface area contributed by atoms with Crippen LogP contribution in [0.25, 0.3) is 0 Å². The van der Waals surface area contributed by atoms with Gasteiger partial charge in [-0.2, -0.15) is 13.9 Å². The molecule has 0 aliphatic carbocycles. The van der Waals surface area contributed by atoms with Gasteiger partial charge < -0.3 is 15.2 Å². The summed E-state index contributed by atoms with van der Waals surface area (Å²) in [6, 6.07) is 4.73. The normalized spacial score (nSPS) is 18.2. The van der Waals surface area contributed by atoms with Crippen molar-refractivity contribution in [3.8, 4) is 11.5 Å². The number of alkyl halides is 2. The van der Waals surface area contributed by atoms with Crippen LogP contribution in [0.4, 0.5) is 8.78 Å². The van der Waals surface area contributed by atoms with Gasteiger partial charge in [0.1, 0.15) is 5.84 Å². The van der Waals surface area contributed by atoms with Gasteiger partial charge in [0.25, 0.3) is 0 Å². The highest BCUT2D eigenvalue weighted by atomic mass is 19.3. The molecule has 1 aliphatic rings. The van der Waals surface area contributed by atoms with Gasteiger partial charge >= 0.3 is 6.61 Å². The molecule has 0 fully saturated rings. The second-order valence-electron chi connectivity index (χ2n) is 4.65. The van der Waals surface area contributed by atoms with Crippen LogP contribution in [-0.4, -0.2) is 24.8 Å². The van der Waals surface area contributed by atoms with E-state index in [0.29, 0.717) is 18.9 Å². The third kappa shape index (κ3) is 3.68. The Kier molecular flexibility index (Phi) is 4.72. The number of amidine groups is 1. The maximum absolute atomic E-state index is 12.4. The van der Waals surface area contributed by atoms with E-state index in [-0.39, 0.29) is 17.4 Å². The molecule has 21 heavy (non-hydrogen) atoms. The molecule has 1 unspecified atom stereocenters. The van der Waals surface area contributed by atoms with Crippen molar-refractivity contribution >= 4 is 11.5 Å². The van der Waals surface area contributed by atoms with Crippen molar-refractivity contribution in [1.82, 2.24) is 0 Å². The molecule has 0 amide bonds. The first kappa shape index (κ1) is 15.2. The maximum atomic E-state index is 12.4. The molecule has 1 aromatic rings. The zero-order valence-corrected chi connectivity index (χ0v) is 11.8. The van der Waals surface area contributed by atoms with Crippen LogP contribution >= 0.6 is 0 Å². The quantitative estimate of drug-likeness (QED) is 0.908. The van der Waals surface area contributed by atoms with E-state index in [1.54, 1.807) is 19.1 Å². The molecular weight excluding hydrogens is 280 g/mol. The number of hydrogen-bond acceptors (Lipinski definition) is 5. The SMILES string of the molecule is CCOc1cc(C2=NN=C(N)C(C)C2)ccc1OC(F)F. The van der Waals surface area contributed by atoms with E-state index in [1.165, 1.54) is 6.07 Å². The molecule has 5 nitrogen and oxygen atoms in total. The Morgan fingerprint density at radius 2 is 2.10 bits per heavy atom. The zero-order valence-electron chi connectivity index (χ0n) is 11.8. The summed E-state index contributed by atoms with van der Waals surface area (Å²) in [4.78, 5) is 0. The van der Waals surface area contributed by atoms with Crippen molar-refractivity contribution in [1.29, 1.82) is 0 Å². The molecule has 0 saturated heterocycles. The van der Waals surface area contributed by atoms with Crippen LogP contribution < -0.4 is 15.2 Å². The van der Waals surface area contributed by atoms with Crippen molar-refractivity contribution in [3.63, 3.8) is 0 Å². The first-order chi connectivity index (χ1) is 10.0. The summed E-state index contributed by atoms with van der Waals surface area (Å²) >= 11 is 0. The lowest BCUT2D eigenvalue weighted by Crippen LogP contribution is -2.26. The molecular formula is C14H17F2N3O2. The largest absolute Gasteiger partial charge is 0.490 e. The molecule has 2 rings (SSSR count). The third-order valence-electron chi connectivity index (χ3n) is 3.08. The van der Waals surface area contributed by atoms with Gasteiger partial charge in [0.05, 0.1) is 12.3 Å². The lowest BCUT2D eigenvalue weighted by Gasteiger charge is -2.17. The van der Waals surface area contributed by atoms with Gasteiger partial charge in [-0.3, -0.25) is 0 Å². The van der Waals surface area contributed by atoms with Crippen molar-refractivity contribution in [2.24, 2.45) is 21.9 Å². The average Bonchev–Trinajstić information content (AvgIpc) is 2.43. The minimum Gasteiger partial charge on any atom is -0.490 e. The van der Waals surface area contributed by atoms with E-state index in [9.17, 15) is 8.78 Å². The predicted octanol–water partition coefficient (Wildman–Crippen LogP) is 2.79. The van der Waals surface area contributed by atoms with Gasteiger partial charge in [-0.1, -0.05) is 6.92 Å². The molecule has 1 aromatic carbocycles. The number of rotatable bonds is 5. The number of halogens is 2. The summed E-state index contributed by atoms with van der Waals surface area (Å²) < 4.78 is 34.5. The van der Waals surface area contributed by atoms with Gasteiger partial charge in [0, 0.05) is 17.9 Å². The maximum Gasteiger partial charge on any atom is 0.387 e. The Bertz CT molecular complexity index is 573. The van der Waals surface area contributed by atoms with E-state index in [1.807, 2.05) is 6.92 Å². The van der Waals surface area contributed by atoms with Crippen LogP contribution in [0.15, 0.2) is 28.4 Å². The fourth-order valence-electron chi connectivity index (χ4n) is 1.98. The highest BCUT2D eigenvalue weighted by Crippen LogP contribution is 2.31. The fraction of sp³-hybridized carbons (Fsp3) is 0.429. The van der Waals surface area contributed by atoms with Crippen LogP contribution in [0.3, 0.4) is 0 Å². The lowest BCUT2D eigenvalue weighted by atomic mass is 9.97. The number of ether oxygens (including phenoxy) is 2. The monoisotopic (exact) mass is 297 g/mol. The second kappa shape index (κ2) is 6.51. The number of nitrogens with two attached hydrogens (primary N) is 1. The van der Waals surface area contributed by atoms with Crippen molar-refractivity contribution < 1.29 is 18.3 Å². The van der Waals surface area contributed by atoms with Crippen LogP contribution in [-0.2, 0) is 0 Å². The van der Waals surface area contributed by atoms with Crippen LogP contribution in [0, 0.1) is 5.92 Å². The first-order valence-electron chi connectivity index (χ1n) is 6.63. The Labute approximate surface area is 121 Å². The Hall–Kier alpha value is -2.18. The number of hydrogen-bond donors (Lipinski definition) is 1. The molecule has 2 N–H and O–H groups in total. The highest BCUT2D eigenvalue weighted by molar-refractivity contribution is 6.05. The van der Waals surface area contributed by atoms with Gasteiger partial charge in [-0.15, -0.1) is 5.10 Å². The standard InChI is InChI=1S/C14H17F2N3O2/c1-3-20-12-7-9(4-5-11(12)21-14(15)16)10-6-8(2)13(17)19-18-10/h4-5,7-8,14H,3,6H2,1-2H3,(H2,17,19). The zero-order chi connectivity index (χ0) is 15.4. The minimum absolute atomic E-state index is 0.00285. The van der Waals surface area contributed by atoms with Crippen molar-refractivity contribution in [3.05, 3.63) is 23.8 Å². The molecule has 0 bridgehead atoms. The van der Waals surface area contributed by atoms with Crippen molar-refractivity contribution in [2.75, 3.05) is 6.61 Å². The van der Waals surface area contributed by atoms with E-state index in [0.717, 1.165) is 11.3 Å². The van der Waals surface area contributed by atoms with Crippen LogP contribution in [0.2, 0.25) is 0 Å². The predicted molar refractivity (Wildman–Crippen MR) is 76.2 cm³/mol. The summed E-state index contributed by atoms with van der Waals surface area (Å²) in [5, 5.41) is 7.96. The third-order valence-corrected chi connectivity index (χ3v) is 3.08. The molecule has 0 radical (unpaired) electrons. The van der Waals surface area contributed by atoms with Gasteiger partial charge in [0.2, 0.25) is 0 Å². The summed E-state index contributed by atoms with van der Waals surface area (Å²) in [7, 11) is 0. The van der Waals surface area contributed by atoms with Crippen LogP contribution in [0.5, 0.6) is 11.5 Å². The van der Waals surface area contributed by atoms with Gasteiger partial charge in [-0.25, -0.2) is 0 Å². The Balaban J connectivity index is 2.31. The second-order valence-corrected chi connectivity index (χ2v) is 4.65. The molecule has 0 saturated carbocycles. The molecule has 1 aliphatic heterocycles.